The Kier molecular flexibility index (Phi) is 3.62. The van der Waals surface area contributed by atoms with E-state index in [4.69, 9.17) is 5.73 Å². The van der Waals surface area contributed by atoms with Crippen molar-refractivity contribution in [2.75, 3.05) is 30.7 Å². The van der Waals surface area contributed by atoms with Crippen LogP contribution in [0.5, 0.6) is 0 Å². The minimum atomic E-state index is 0.558. The number of nitrogen functional groups attached to an aromatic ring is 1. The standard InChI is InChI=1S/C12H20N4/c1-10(16-7-2-3-8-16)9-15-11-5-4-6-14-12(11)13/h4-6,10,15H,2-3,7-9H2,1H3,(H2,13,14). The van der Waals surface area contributed by atoms with Gasteiger partial charge in [0.1, 0.15) is 5.82 Å². The molecule has 0 aliphatic carbocycles. The molecule has 1 aromatic heterocycles. The molecule has 4 nitrogen and oxygen atoms in total. The predicted molar refractivity (Wildman–Crippen MR) is 67.4 cm³/mol. The number of nitrogens with zero attached hydrogens (tertiary/aromatic N) is 2. The number of anilines is 2. The van der Waals surface area contributed by atoms with Crippen LogP contribution in [-0.2, 0) is 0 Å². The second-order valence-electron chi connectivity index (χ2n) is 4.41. The monoisotopic (exact) mass is 220 g/mol. The maximum Gasteiger partial charge on any atom is 0.146 e. The quantitative estimate of drug-likeness (QED) is 0.808. The van der Waals surface area contributed by atoms with Gasteiger partial charge in [-0.25, -0.2) is 4.98 Å². The zero-order valence-electron chi connectivity index (χ0n) is 9.82. The van der Waals surface area contributed by atoms with E-state index >= 15 is 0 Å². The van der Waals surface area contributed by atoms with Gasteiger partial charge < -0.3 is 11.1 Å². The van der Waals surface area contributed by atoms with Gasteiger partial charge in [0.05, 0.1) is 5.69 Å². The van der Waals surface area contributed by atoms with Crippen molar-refractivity contribution in [2.45, 2.75) is 25.8 Å². The highest BCUT2D eigenvalue weighted by Crippen LogP contribution is 2.15. The lowest BCUT2D eigenvalue weighted by Gasteiger charge is -2.24. The highest BCUT2D eigenvalue weighted by Gasteiger charge is 2.17. The fourth-order valence-corrected chi connectivity index (χ4v) is 2.14. The van der Waals surface area contributed by atoms with Crippen LogP contribution in [0.4, 0.5) is 11.5 Å². The molecule has 1 aliphatic rings. The summed E-state index contributed by atoms with van der Waals surface area (Å²) in [7, 11) is 0. The molecule has 3 N–H and O–H groups in total. The van der Waals surface area contributed by atoms with Crippen molar-refractivity contribution >= 4 is 11.5 Å². The highest BCUT2D eigenvalue weighted by molar-refractivity contribution is 5.60. The molecule has 1 saturated heterocycles. The van der Waals surface area contributed by atoms with Crippen molar-refractivity contribution in [3.8, 4) is 0 Å². The third-order valence-corrected chi connectivity index (χ3v) is 3.19. The number of aromatic nitrogens is 1. The Balaban J connectivity index is 1.84. The number of pyridine rings is 1. The normalized spacial score (nSPS) is 18.6. The summed E-state index contributed by atoms with van der Waals surface area (Å²) in [5.41, 5.74) is 6.71. The van der Waals surface area contributed by atoms with Gasteiger partial charge in [0.2, 0.25) is 0 Å². The first-order valence-electron chi connectivity index (χ1n) is 5.96. The molecular formula is C12H20N4. The van der Waals surface area contributed by atoms with Crippen LogP contribution in [0.3, 0.4) is 0 Å². The number of nitrogens with one attached hydrogen (secondary N) is 1. The number of hydrogen-bond acceptors (Lipinski definition) is 4. The largest absolute Gasteiger partial charge is 0.382 e. The lowest BCUT2D eigenvalue weighted by molar-refractivity contribution is 0.269. The Bertz CT molecular complexity index is 334. The van der Waals surface area contributed by atoms with Gasteiger partial charge in [-0.2, -0.15) is 0 Å². The van der Waals surface area contributed by atoms with Crippen molar-refractivity contribution in [3.05, 3.63) is 18.3 Å². The Morgan fingerprint density at radius 2 is 2.25 bits per heavy atom. The lowest BCUT2D eigenvalue weighted by Crippen LogP contribution is -2.35. The van der Waals surface area contributed by atoms with E-state index in [2.05, 4.69) is 22.1 Å². The van der Waals surface area contributed by atoms with Crippen LogP contribution in [0.1, 0.15) is 19.8 Å². The van der Waals surface area contributed by atoms with Gasteiger partial charge in [-0.3, -0.25) is 4.90 Å². The van der Waals surface area contributed by atoms with Crippen molar-refractivity contribution in [3.63, 3.8) is 0 Å². The van der Waals surface area contributed by atoms with E-state index in [1.54, 1.807) is 6.20 Å². The van der Waals surface area contributed by atoms with E-state index in [0.29, 0.717) is 11.9 Å². The minimum Gasteiger partial charge on any atom is -0.382 e. The second kappa shape index (κ2) is 5.16. The number of nitrogens with two attached hydrogens (primary N) is 1. The molecule has 0 spiro atoms. The summed E-state index contributed by atoms with van der Waals surface area (Å²) in [5.74, 6) is 0.580. The van der Waals surface area contributed by atoms with Gasteiger partial charge in [0.25, 0.3) is 0 Å². The highest BCUT2D eigenvalue weighted by atomic mass is 15.2. The van der Waals surface area contributed by atoms with Crippen LogP contribution in [0, 0.1) is 0 Å². The first kappa shape index (κ1) is 11.2. The molecule has 1 atom stereocenters. The lowest BCUT2D eigenvalue weighted by atomic mass is 10.3. The van der Waals surface area contributed by atoms with Crippen LogP contribution >= 0.6 is 0 Å². The van der Waals surface area contributed by atoms with Gasteiger partial charge in [-0.15, -0.1) is 0 Å². The molecule has 4 heteroatoms. The third kappa shape index (κ3) is 2.64. The number of rotatable bonds is 4. The fraction of sp³-hybridized carbons (Fsp3) is 0.583. The summed E-state index contributed by atoms with van der Waals surface area (Å²) in [6, 6.07) is 4.43. The van der Waals surface area contributed by atoms with Crippen LogP contribution in [0.15, 0.2) is 18.3 Å². The molecule has 0 bridgehead atoms. The molecule has 1 unspecified atom stereocenters. The molecule has 0 aromatic carbocycles. The fourth-order valence-electron chi connectivity index (χ4n) is 2.14. The van der Waals surface area contributed by atoms with Crippen molar-refractivity contribution in [1.29, 1.82) is 0 Å². The summed E-state index contributed by atoms with van der Waals surface area (Å²) in [6.45, 7) is 5.64. The molecule has 1 aliphatic heterocycles. The van der Waals surface area contributed by atoms with E-state index in [0.717, 1.165) is 12.2 Å². The van der Waals surface area contributed by atoms with E-state index in [-0.39, 0.29) is 0 Å². The van der Waals surface area contributed by atoms with Gasteiger partial charge in [-0.05, 0) is 45.0 Å². The molecule has 0 radical (unpaired) electrons. The van der Waals surface area contributed by atoms with Gasteiger partial charge in [0.15, 0.2) is 0 Å². The summed E-state index contributed by atoms with van der Waals surface area (Å²) in [6.07, 6.45) is 4.38. The second-order valence-corrected chi connectivity index (χ2v) is 4.41. The topological polar surface area (TPSA) is 54.2 Å². The van der Waals surface area contributed by atoms with Gasteiger partial charge in [0, 0.05) is 18.8 Å². The molecule has 88 valence electrons. The van der Waals surface area contributed by atoms with Crippen LogP contribution in [0.2, 0.25) is 0 Å². The SMILES string of the molecule is CC(CNc1cccnc1N)N1CCCC1. The molecule has 0 amide bonds. The van der Waals surface area contributed by atoms with Crippen molar-refractivity contribution in [2.24, 2.45) is 0 Å². The van der Waals surface area contributed by atoms with Crippen molar-refractivity contribution in [1.82, 2.24) is 9.88 Å². The maximum absolute atomic E-state index is 5.77. The molecule has 1 fully saturated rings. The summed E-state index contributed by atoms with van der Waals surface area (Å²) in [5, 5.41) is 3.36. The summed E-state index contributed by atoms with van der Waals surface area (Å²) >= 11 is 0. The Hall–Kier alpha value is -1.29. The van der Waals surface area contributed by atoms with E-state index < -0.39 is 0 Å². The molecule has 2 rings (SSSR count). The maximum atomic E-state index is 5.77. The number of likely N-dealkylation sites (tertiary alicyclic amines) is 1. The minimum absolute atomic E-state index is 0.558. The Morgan fingerprint density at radius 1 is 1.50 bits per heavy atom. The zero-order valence-corrected chi connectivity index (χ0v) is 9.82. The predicted octanol–water partition coefficient (Wildman–Crippen LogP) is 1.56. The number of hydrogen-bond donors (Lipinski definition) is 2. The Morgan fingerprint density at radius 3 is 2.94 bits per heavy atom. The molecule has 16 heavy (non-hydrogen) atoms. The summed E-state index contributed by atoms with van der Waals surface area (Å²) < 4.78 is 0. The van der Waals surface area contributed by atoms with Crippen LogP contribution in [-0.4, -0.2) is 35.6 Å². The first-order valence-corrected chi connectivity index (χ1v) is 5.96. The van der Waals surface area contributed by atoms with E-state index in [1.807, 2.05) is 12.1 Å². The molecule has 1 aromatic rings. The molecule has 2 heterocycles. The van der Waals surface area contributed by atoms with Crippen LogP contribution in [0.25, 0.3) is 0 Å². The summed E-state index contributed by atoms with van der Waals surface area (Å²) in [4.78, 5) is 6.57. The molecular weight excluding hydrogens is 200 g/mol. The average Bonchev–Trinajstić information content (AvgIpc) is 2.81. The Labute approximate surface area is 96.8 Å². The smallest absolute Gasteiger partial charge is 0.146 e. The molecule has 0 saturated carbocycles. The van der Waals surface area contributed by atoms with Gasteiger partial charge >= 0.3 is 0 Å². The van der Waals surface area contributed by atoms with Crippen molar-refractivity contribution < 1.29 is 0 Å². The third-order valence-electron chi connectivity index (χ3n) is 3.19. The zero-order chi connectivity index (χ0) is 11.4. The van der Waals surface area contributed by atoms with E-state index in [1.165, 1.54) is 25.9 Å². The first-order chi connectivity index (χ1) is 7.77. The average molecular weight is 220 g/mol. The van der Waals surface area contributed by atoms with E-state index in [9.17, 15) is 0 Å². The van der Waals surface area contributed by atoms with Gasteiger partial charge in [-0.1, -0.05) is 0 Å². The van der Waals surface area contributed by atoms with Crippen LogP contribution < -0.4 is 11.1 Å².